The summed E-state index contributed by atoms with van der Waals surface area (Å²) in [7, 11) is -3.26. The third-order valence-electron chi connectivity index (χ3n) is 4.40. The van der Waals surface area contributed by atoms with Crippen molar-refractivity contribution in [3.05, 3.63) is 71.3 Å². The lowest BCUT2D eigenvalue weighted by Crippen LogP contribution is -2.26. The number of hydrogen-bond acceptors (Lipinski definition) is 4. The molecule has 29 heavy (non-hydrogen) atoms. The number of amides is 1. The van der Waals surface area contributed by atoms with Crippen LogP contribution < -0.4 is 9.62 Å². The van der Waals surface area contributed by atoms with Crippen molar-refractivity contribution in [3.63, 3.8) is 0 Å². The van der Waals surface area contributed by atoms with Crippen molar-refractivity contribution in [2.24, 2.45) is 0 Å². The summed E-state index contributed by atoms with van der Waals surface area (Å²) in [6.45, 7) is 0.440. The van der Waals surface area contributed by atoms with Crippen LogP contribution in [0.2, 0.25) is 0 Å². The topological polar surface area (TPSA) is 90.3 Å². The smallest absolute Gasteiger partial charge is 0.245 e. The Labute approximate surface area is 167 Å². The van der Waals surface area contributed by atoms with Crippen molar-refractivity contribution >= 4 is 27.7 Å². The molecule has 0 radical (unpaired) electrons. The number of carbonyl (C=O) groups excluding carboxylic acids is 1. The molecule has 1 saturated heterocycles. The highest BCUT2D eigenvalue weighted by atomic mass is 32.2. The Bertz CT molecular complexity index is 1090. The van der Waals surface area contributed by atoms with Crippen LogP contribution in [-0.4, -0.2) is 26.6 Å². The van der Waals surface area contributed by atoms with Gasteiger partial charge in [-0.1, -0.05) is 18.2 Å². The van der Waals surface area contributed by atoms with Crippen LogP contribution in [0.4, 0.5) is 14.5 Å². The average Bonchev–Trinajstić information content (AvgIpc) is 3.04. The van der Waals surface area contributed by atoms with Gasteiger partial charge in [0, 0.05) is 24.3 Å². The van der Waals surface area contributed by atoms with E-state index >= 15 is 0 Å². The molecule has 1 unspecified atom stereocenters. The number of halogens is 2. The van der Waals surface area contributed by atoms with Gasteiger partial charge in [0.15, 0.2) is 0 Å². The van der Waals surface area contributed by atoms with Crippen LogP contribution in [0.5, 0.6) is 0 Å². The van der Waals surface area contributed by atoms with E-state index < -0.39 is 33.6 Å². The number of nitrogens with one attached hydrogen (secondary N) is 1. The number of hydrogen-bond donors (Lipinski definition) is 1. The molecular formula is C20H17F2N3O3S. The van der Waals surface area contributed by atoms with Crippen LogP contribution >= 0.6 is 0 Å². The van der Waals surface area contributed by atoms with E-state index in [9.17, 15) is 27.3 Å². The molecule has 1 amide bonds. The number of nitriles is 1. The average molecular weight is 417 g/mol. The lowest BCUT2D eigenvalue weighted by Gasteiger charge is -2.16. The van der Waals surface area contributed by atoms with E-state index in [0.29, 0.717) is 30.3 Å². The van der Waals surface area contributed by atoms with Crippen LogP contribution in [0.15, 0.2) is 48.5 Å². The summed E-state index contributed by atoms with van der Waals surface area (Å²) < 4.78 is 52.0. The van der Waals surface area contributed by atoms with Gasteiger partial charge in [0.1, 0.15) is 17.7 Å². The van der Waals surface area contributed by atoms with Gasteiger partial charge in [-0.05, 0) is 36.3 Å². The lowest BCUT2D eigenvalue weighted by atomic mass is 10.1. The van der Waals surface area contributed by atoms with Crippen LogP contribution in [0.3, 0.4) is 0 Å². The Balaban J connectivity index is 1.66. The van der Waals surface area contributed by atoms with Crippen molar-refractivity contribution < 1.29 is 22.0 Å². The van der Waals surface area contributed by atoms with Gasteiger partial charge in [-0.3, -0.25) is 9.10 Å². The standard InChI is InChI=1S/C20H17F2N3O3S/c21-15-5-8-17(18(22)12-15)19(13-23)24-20(26)9-4-14-2-6-16(7-3-14)25-10-1-11-29(25,27)28/h2-9,12,19H,1,10-11H2,(H,24,26)/b9-4+. The van der Waals surface area contributed by atoms with Gasteiger partial charge in [-0.15, -0.1) is 0 Å². The summed E-state index contributed by atoms with van der Waals surface area (Å²) in [5.74, 6) is -2.21. The van der Waals surface area contributed by atoms with Crippen molar-refractivity contribution in [2.45, 2.75) is 12.5 Å². The van der Waals surface area contributed by atoms with Crippen LogP contribution in [0.25, 0.3) is 6.08 Å². The Morgan fingerprint density at radius 2 is 1.93 bits per heavy atom. The second-order valence-electron chi connectivity index (χ2n) is 6.40. The van der Waals surface area contributed by atoms with E-state index in [2.05, 4.69) is 5.32 Å². The van der Waals surface area contributed by atoms with Gasteiger partial charge >= 0.3 is 0 Å². The van der Waals surface area contributed by atoms with E-state index in [1.165, 1.54) is 16.5 Å². The molecule has 1 aliphatic heterocycles. The molecule has 6 nitrogen and oxygen atoms in total. The molecule has 0 bridgehead atoms. The Morgan fingerprint density at radius 3 is 2.52 bits per heavy atom. The number of benzene rings is 2. The molecule has 0 aromatic heterocycles. The molecule has 3 rings (SSSR count). The van der Waals surface area contributed by atoms with Crippen LogP contribution in [-0.2, 0) is 14.8 Å². The Kier molecular flexibility index (Phi) is 5.94. The fourth-order valence-corrected chi connectivity index (χ4v) is 4.52. The summed E-state index contributed by atoms with van der Waals surface area (Å²) in [6.07, 6.45) is 3.24. The highest BCUT2D eigenvalue weighted by Crippen LogP contribution is 2.24. The largest absolute Gasteiger partial charge is 0.333 e. The molecule has 1 N–H and O–H groups in total. The van der Waals surface area contributed by atoms with Crippen molar-refractivity contribution in [3.8, 4) is 6.07 Å². The molecule has 1 fully saturated rings. The first kappa shape index (κ1) is 20.5. The number of anilines is 1. The fourth-order valence-electron chi connectivity index (χ4n) is 2.96. The maximum absolute atomic E-state index is 13.8. The van der Waals surface area contributed by atoms with Crippen molar-refractivity contribution in [1.82, 2.24) is 5.32 Å². The number of rotatable bonds is 5. The summed E-state index contributed by atoms with van der Waals surface area (Å²) in [6, 6.07) is 9.86. The molecule has 0 aliphatic carbocycles. The Morgan fingerprint density at radius 1 is 1.21 bits per heavy atom. The summed E-state index contributed by atoms with van der Waals surface area (Å²) >= 11 is 0. The van der Waals surface area contributed by atoms with Gasteiger partial charge in [0.2, 0.25) is 15.9 Å². The number of nitrogens with zero attached hydrogens (tertiary/aromatic N) is 2. The van der Waals surface area contributed by atoms with Gasteiger partial charge < -0.3 is 5.32 Å². The maximum atomic E-state index is 13.8. The zero-order valence-electron chi connectivity index (χ0n) is 15.2. The zero-order chi connectivity index (χ0) is 21.0. The zero-order valence-corrected chi connectivity index (χ0v) is 16.0. The molecule has 150 valence electrons. The molecule has 9 heteroatoms. The first-order chi connectivity index (χ1) is 13.8. The van der Waals surface area contributed by atoms with E-state index in [-0.39, 0.29) is 11.3 Å². The molecule has 0 spiro atoms. The van der Waals surface area contributed by atoms with Crippen molar-refractivity contribution in [2.75, 3.05) is 16.6 Å². The quantitative estimate of drug-likeness (QED) is 0.758. The first-order valence-corrected chi connectivity index (χ1v) is 10.3. The highest BCUT2D eigenvalue weighted by Gasteiger charge is 2.28. The molecule has 2 aromatic rings. The third-order valence-corrected chi connectivity index (χ3v) is 6.27. The minimum Gasteiger partial charge on any atom is -0.333 e. The molecule has 1 heterocycles. The monoisotopic (exact) mass is 417 g/mol. The van der Waals surface area contributed by atoms with E-state index in [4.69, 9.17) is 0 Å². The summed E-state index contributed by atoms with van der Waals surface area (Å²) in [4.78, 5) is 12.1. The first-order valence-electron chi connectivity index (χ1n) is 8.74. The summed E-state index contributed by atoms with van der Waals surface area (Å²) in [5.41, 5.74) is 1.06. The Hall–Kier alpha value is -3.25. The van der Waals surface area contributed by atoms with E-state index in [1.54, 1.807) is 30.3 Å². The minimum absolute atomic E-state index is 0.129. The highest BCUT2D eigenvalue weighted by molar-refractivity contribution is 7.93. The minimum atomic E-state index is -3.26. The van der Waals surface area contributed by atoms with Gasteiger partial charge in [-0.2, -0.15) is 5.26 Å². The van der Waals surface area contributed by atoms with E-state index in [1.807, 2.05) is 0 Å². The fraction of sp³-hybridized carbons (Fsp3) is 0.200. The van der Waals surface area contributed by atoms with Gasteiger partial charge in [-0.25, -0.2) is 17.2 Å². The predicted octanol–water partition coefficient (Wildman–Crippen LogP) is 2.90. The molecule has 2 aromatic carbocycles. The van der Waals surface area contributed by atoms with Gasteiger partial charge in [0.25, 0.3) is 0 Å². The second kappa shape index (κ2) is 8.41. The van der Waals surface area contributed by atoms with E-state index in [0.717, 1.165) is 12.1 Å². The normalized spacial score (nSPS) is 16.5. The van der Waals surface area contributed by atoms with Crippen LogP contribution in [0, 0.1) is 23.0 Å². The maximum Gasteiger partial charge on any atom is 0.245 e. The molecule has 1 aliphatic rings. The SMILES string of the molecule is N#CC(NC(=O)/C=C/c1ccc(N2CCCS2(=O)=O)cc1)c1ccc(F)cc1F. The molecule has 0 saturated carbocycles. The number of carbonyl (C=O) groups is 1. The number of sulfonamides is 1. The summed E-state index contributed by atoms with van der Waals surface area (Å²) in [5, 5.41) is 11.5. The van der Waals surface area contributed by atoms with Crippen molar-refractivity contribution in [1.29, 1.82) is 5.26 Å². The van der Waals surface area contributed by atoms with Crippen LogP contribution in [0.1, 0.15) is 23.6 Å². The lowest BCUT2D eigenvalue weighted by molar-refractivity contribution is -0.116. The predicted molar refractivity (Wildman–Crippen MR) is 104 cm³/mol. The third kappa shape index (κ3) is 4.78. The molecular weight excluding hydrogens is 400 g/mol. The second-order valence-corrected chi connectivity index (χ2v) is 8.42. The molecule has 1 atom stereocenters. The van der Waals surface area contributed by atoms with Gasteiger partial charge in [0.05, 0.1) is 17.5 Å².